The number of benzene rings is 1. The van der Waals surface area contributed by atoms with Gasteiger partial charge in [-0.1, -0.05) is 18.5 Å². The van der Waals surface area contributed by atoms with Crippen LogP contribution in [-0.2, 0) is 0 Å². The van der Waals surface area contributed by atoms with E-state index in [-0.39, 0.29) is 0 Å². The van der Waals surface area contributed by atoms with Gasteiger partial charge in [0.05, 0.1) is 0 Å². The first-order valence-electron chi connectivity index (χ1n) is 7.75. The van der Waals surface area contributed by atoms with Crippen LogP contribution in [0.2, 0.25) is 5.02 Å². The van der Waals surface area contributed by atoms with Crippen LogP contribution < -0.4 is 4.74 Å². The van der Waals surface area contributed by atoms with Gasteiger partial charge in [0, 0.05) is 11.6 Å². The van der Waals surface area contributed by atoms with E-state index in [1.165, 1.54) is 12.8 Å². The molecule has 1 fully saturated rings. The number of rotatable bonds is 5. The number of β-amino-alcohol motifs (C(OH)–C–C–N with tert-alkyl or cyclic N) is 1. The SMILES string of the molecule is Cc1cc(OC[C@H](O)CN2CCC(C)CC2)cc(C)c1Cl. The molecule has 1 atom stereocenters. The van der Waals surface area contributed by atoms with Gasteiger partial charge in [0.2, 0.25) is 0 Å². The Hall–Kier alpha value is -0.770. The molecule has 118 valence electrons. The number of hydrogen-bond acceptors (Lipinski definition) is 3. The summed E-state index contributed by atoms with van der Waals surface area (Å²) < 4.78 is 5.71. The van der Waals surface area contributed by atoms with Crippen molar-refractivity contribution in [1.82, 2.24) is 4.90 Å². The van der Waals surface area contributed by atoms with E-state index in [4.69, 9.17) is 16.3 Å². The molecule has 0 amide bonds. The minimum Gasteiger partial charge on any atom is -0.491 e. The van der Waals surface area contributed by atoms with Gasteiger partial charge in [-0.15, -0.1) is 0 Å². The number of nitrogens with zero attached hydrogens (tertiary/aromatic N) is 1. The number of aliphatic hydroxyl groups is 1. The van der Waals surface area contributed by atoms with Crippen LogP contribution in [0.3, 0.4) is 0 Å². The lowest BCUT2D eigenvalue weighted by atomic mass is 9.99. The number of halogens is 1. The summed E-state index contributed by atoms with van der Waals surface area (Å²) in [7, 11) is 0. The molecular weight excluding hydrogens is 286 g/mol. The van der Waals surface area contributed by atoms with Gasteiger partial charge in [-0.05, 0) is 69.0 Å². The fraction of sp³-hybridized carbons (Fsp3) is 0.647. The topological polar surface area (TPSA) is 32.7 Å². The molecule has 1 aliphatic heterocycles. The Balaban J connectivity index is 1.80. The summed E-state index contributed by atoms with van der Waals surface area (Å²) in [5.74, 6) is 1.59. The van der Waals surface area contributed by atoms with Gasteiger partial charge < -0.3 is 14.7 Å². The Bertz CT molecular complexity index is 447. The average molecular weight is 312 g/mol. The van der Waals surface area contributed by atoms with Crippen molar-refractivity contribution in [3.63, 3.8) is 0 Å². The third-order valence-electron chi connectivity index (χ3n) is 4.20. The predicted octanol–water partition coefficient (Wildman–Crippen LogP) is 3.43. The van der Waals surface area contributed by atoms with Crippen molar-refractivity contribution in [2.75, 3.05) is 26.2 Å². The summed E-state index contributed by atoms with van der Waals surface area (Å²) in [6.45, 7) is 9.41. The van der Waals surface area contributed by atoms with Crippen LogP contribution in [0.4, 0.5) is 0 Å². The second-order valence-corrected chi connectivity index (χ2v) is 6.70. The number of piperidine rings is 1. The number of likely N-dealkylation sites (tertiary alicyclic amines) is 1. The molecule has 0 bridgehead atoms. The van der Waals surface area contributed by atoms with Crippen molar-refractivity contribution in [3.05, 3.63) is 28.3 Å². The Kier molecular flexibility index (Phi) is 5.91. The highest BCUT2D eigenvalue weighted by Crippen LogP contribution is 2.26. The lowest BCUT2D eigenvalue weighted by Crippen LogP contribution is -2.40. The maximum absolute atomic E-state index is 10.1. The summed E-state index contributed by atoms with van der Waals surface area (Å²) in [5, 5.41) is 10.9. The number of aliphatic hydroxyl groups excluding tert-OH is 1. The van der Waals surface area contributed by atoms with Gasteiger partial charge in [0.1, 0.15) is 18.5 Å². The second kappa shape index (κ2) is 7.48. The molecule has 4 heteroatoms. The maximum atomic E-state index is 10.1. The fourth-order valence-electron chi connectivity index (χ4n) is 2.78. The molecule has 0 spiro atoms. The monoisotopic (exact) mass is 311 g/mol. The van der Waals surface area contributed by atoms with Gasteiger partial charge in [0.15, 0.2) is 0 Å². The molecule has 1 aromatic carbocycles. The Morgan fingerprint density at radius 2 is 1.86 bits per heavy atom. The highest BCUT2D eigenvalue weighted by atomic mass is 35.5. The largest absolute Gasteiger partial charge is 0.491 e. The molecule has 0 unspecified atom stereocenters. The first-order chi connectivity index (χ1) is 9.95. The van der Waals surface area contributed by atoms with Gasteiger partial charge in [0.25, 0.3) is 0 Å². The zero-order valence-corrected chi connectivity index (χ0v) is 14.0. The first-order valence-corrected chi connectivity index (χ1v) is 8.13. The predicted molar refractivity (Wildman–Crippen MR) is 87.3 cm³/mol. The molecule has 1 aliphatic rings. The molecule has 0 aliphatic carbocycles. The van der Waals surface area contributed by atoms with E-state index >= 15 is 0 Å². The molecule has 2 rings (SSSR count). The smallest absolute Gasteiger partial charge is 0.120 e. The summed E-state index contributed by atoms with van der Waals surface area (Å²) in [6, 6.07) is 3.84. The molecule has 3 nitrogen and oxygen atoms in total. The quantitative estimate of drug-likeness (QED) is 0.904. The highest BCUT2D eigenvalue weighted by molar-refractivity contribution is 6.32. The van der Waals surface area contributed by atoms with E-state index in [1.807, 2.05) is 26.0 Å². The van der Waals surface area contributed by atoms with Gasteiger partial charge in [-0.2, -0.15) is 0 Å². The van der Waals surface area contributed by atoms with E-state index in [0.717, 1.165) is 40.9 Å². The minimum absolute atomic E-state index is 0.326. The van der Waals surface area contributed by atoms with Crippen LogP contribution in [0.1, 0.15) is 30.9 Å². The maximum Gasteiger partial charge on any atom is 0.120 e. The van der Waals surface area contributed by atoms with Gasteiger partial charge in [-0.3, -0.25) is 0 Å². The van der Waals surface area contributed by atoms with Crippen molar-refractivity contribution in [2.24, 2.45) is 5.92 Å². The Labute approximate surface area is 132 Å². The number of ether oxygens (including phenoxy) is 1. The molecule has 0 aromatic heterocycles. The third-order valence-corrected chi connectivity index (χ3v) is 4.79. The second-order valence-electron chi connectivity index (χ2n) is 6.32. The molecule has 1 aromatic rings. The summed E-state index contributed by atoms with van der Waals surface area (Å²) in [5.41, 5.74) is 2.01. The first kappa shape index (κ1) is 16.6. The lowest BCUT2D eigenvalue weighted by Gasteiger charge is -2.31. The van der Waals surface area contributed by atoms with Crippen LogP contribution in [0.5, 0.6) is 5.75 Å². The van der Waals surface area contributed by atoms with Crippen LogP contribution in [0.25, 0.3) is 0 Å². The fourth-order valence-corrected chi connectivity index (χ4v) is 2.89. The standard InChI is InChI=1S/C17H26ClNO2/c1-12-4-6-19(7-5-12)10-15(20)11-21-16-8-13(2)17(18)14(3)9-16/h8-9,12,15,20H,4-7,10-11H2,1-3H3/t15-/m1/s1. The van der Waals surface area contributed by atoms with Crippen molar-refractivity contribution < 1.29 is 9.84 Å². The van der Waals surface area contributed by atoms with Crippen molar-refractivity contribution in [1.29, 1.82) is 0 Å². The highest BCUT2D eigenvalue weighted by Gasteiger charge is 2.18. The average Bonchev–Trinajstić information content (AvgIpc) is 2.45. The van der Waals surface area contributed by atoms with Crippen LogP contribution >= 0.6 is 11.6 Å². The van der Waals surface area contributed by atoms with Crippen molar-refractivity contribution in [2.45, 2.75) is 39.7 Å². The molecule has 0 radical (unpaired) electrons. The lowest BCUT2D eigenvalue weighted by molar-refractivity contribution is 0.0563. The van der Waals surface area contributed by atoms with Crippen LogP contribution in [0, 0.1) is 19.8 Å². The molecule has 0 saturated carbocycles. The Morgan fingerprint density at radius 1 is 1.29 bits per heavy atom. The van der Waals surface area contributed by atoms with Gasteiger partial charge >= 0.3 is 0 Å². The molecule has 1 N–H and O–H groups in total. The zero-order valence-electron chi connectivity index (χ0n) is 13.2. The van der Waals surface area contributed by atoms with Crippen molar-refractivity contribution in [3.8, 4) is 5.75 Å². The van der Waals surface area contributed by atoms with E-state index in [0.29, 0.717) is 13.2 Å². The normalized spacial score (nSPS) is 18.7. The number of hydrogen-bond donors (Lipinski definition) is 1. The summed E-state index contributed by atoms with van der Waals surface area (Å²) in [4.78, 5) is 2.33. The van der Waals surface area contributed by atoms with Crippen molar-refractivity contribution >= 4 is 11.6 Å². The molecular formula is C17H26ClNO2. The molecule has 21 heavy (non-hydrogen) atoms. The summed E-state index contributed by atoms with van der Waals surface area (Å²) >= 11 is 6.14. The minimum atomic E-state index is -0.449. The Morgan fingerprint density at radius 3 is 2.43 bits per heavy atom. The molecule has 1 heterocycles. The van der Waals surface area contributed by atoms with E-state index in [2.05, 4.69) is 11.8 Å². The van der Waals surface area contributed by atoms with E-state index in [9.17, 15) is 5.11 Å². The summed E-state index contributed by atoms with van der Waals surface area (Å²) in [6.07, 6.45) is 2.00. The van der Waals surface area contributed by atoms with Crippen LogP contribution in [0.15, 0.2) is 12.1 Å². The number of aryl methyl sites for hydroxylation is 2. The van der Waals surface area contributed by atoms with Crippen LogP contribution in [-0.4, -0.2) is 42.4 Å². The van der Waals surface area contributed by atoms with E-state index < -0.39 is 6.10 Å². The zero-order chi connectivity index (χ0) is 15.4. The van der Waals surface area contributed by atoms with E-state index in [1.54, 1.807) is 0 Å². The third kappa shape index (κ3) is 4.87. The van der Waals surface area contributed by atoms with Gasteiger partial charge in [-0.25, -0.2) is 0 Å². The molecule has 1 saturated heterocycles.